The van der Waals surface area contributed by atoms with Gasteiger partial charge in [-0.15, -0.1) is 0 Å². The summed E-state index contributed by atoms with van der Waals surface area (Å²) in [6.07, 6.45) is 5.81. The van der Waals surface area contributed by atoms with E-state index in [1.54, 1.807) is 12.3 Å². The molecule has 0 saturated carbocycles. The molecule has 3 heterocycles. The van der Waals surface area contributed by atoms with E-state index >= 15 is 0 Å². The molecule has 3 rings (SSSR count). The molecule has 0 amide bonds. The van der Waals surface area contributed by atoms with Crippen LogP contribution in [-0.4, -0.2) is 23.2 Å². The van der Waals surface area contributed by atoms with Crippen molar-refractivity contribution in [3.8, 4) is 6.07 Å². The van der Waals surface area contributed by atoms with Gasteiger partial charge in [0.15, 0.2) is 0 Å². The molecule has 2 aliphatic rings. The Morgan fingerprint density at radius 3 is 2.94 bits per heavy atom. The molecule has 1 aromatic heterocycles. The number of pyridine rings is 1. The van der Waals surface area contributed by atoms with E-state index in [-0.39, 0.29) is 0 Å². The number of hydrogen-bond donors (Lipinski definition) is 1. The Kier molecular flexibility index (Phi) is 2.26. The zero-order valence-electron chi connectivity index (χ0n) is 8.89. The monoisotopic (exact) mass is 215 g/mol. The van der Waals surface area contributed by atoms with Crippen molar-refractivity contribution in [2.24, 2.45) is 0 Å². The molecule has 2 fully saturated rings. The molecular weight excluding hydrogens is 202 g/mol. The zero-order valence-corrected chi connectivity index (χ0v) is 8.89. The van der Waals surface area contributed by atoms with Gasteiger partial charge in [-0.3, -0.25) is 0 Å². The average molecular weight is 215 g/mol. The molecule has 2 bridgehead atoms. The zero-order chi connectivity index (χ0) is 11.0. The second-order valence-corrected chi connectivity index (χ2v) is 4.40. The third-order valence-electron chi connectivity index (χ3n) is 3.33. The smallest absolute Gasteiger partial charge is 0.126 e. The number of nitriles is 1. The topological polar surface area (TPSA) is 57.9 Å². The van der Waals surface area contributed by atoms with Crippen LogP contribution in [0.5, 0.6) is 0 Å². The summed E-state index contributed by atoms with van der Waals surface area (Å²) in [5, 5.41) is 12.0. The summed E-state index contributed by atoms with van der Waals surface area (Å²) in [5.41, 5.74) is 0.592. The first-order valence-corrected chi connectivity index (χ1v) is 5.63. The van der Waals surface area contributed by atoms with Gasteiger partial charge in [-0.05, 0) is 31.4 Å². The Bertz CT molecular complexity index is 423. The Labute approximate surface area is 94.2 Å². The highest BCUT2D eigenvalue weighted by Crippen LogP contribution is 2.35. The van der Waals surface area contributed by atoms with E-state index in [9.17, 15) is 0 Å². The van der Waals surface area contributed by atoms with Gasteiger partial charge in [-0.2, -0.15) is 5.26 Å². The maximum absolute atomic E-state index is 8.67. The number of ether oxygens (including phenoxy) is 1. The molecule has 82 valence electrons. The van der Waals surface area contributed by atoms with Crippen LogP contribution < -0.4 is 5.32 Å². The number of rotatable bonds is 2. The quantitative estimate of drug-likeness (QED) is 0.815. The molecule has 2 saturated heterocycles. The van der Waals surface area contributed by atoms with E-state index < -0.39 is 0 Å². The van der Waals surface area contributed by atoms with Gasteiger partial charge in [0, 0.05) is 6.20 Å². The number of anilines is 1. The highest BCUT2D eigenvalue weighted by atomic mass is 16.5. The van der Waals surface area contributed by atoms with Crippen LogP contribution in [0.4, 0.5) is 5.82 Å². The normalized spacial score (nSPS) is 31.3. The van der Waals surface area contributed by atoms with Crippen LogP contribution in [0.1, 0.15) is 24.8 Å². The molecular formula is C12H13N3O. The first-order chi connectivity index (χ1) is 7.85. The van der Waals surface area contributed by atoms with E-state index in [1.807, 2.05) is 6.07 Å². The number of nitrogens with one attached hydrogen (secondary N) is 1. The molecule has 0 aromatic carbocycles. The lowest BCUT2D eigenvalue weighted by molar-refractivity contribution is 0.102. The van der Waals surface area contributed by atoms with Crippen molar-refractivity contribution in [3.05, 3.63) is 23.9 Å². The van der Waals surface area contributed by atoms with Gasteiger partial charge in [0.25, 0.3) is 0 Å². The standard InChI is InChI=1S/C12H13N3O/c13-6-8-1-4-12(14-7-8)15-10-5-9-2-3-11(10)16-9/h1,4,7,9-11H,2-3,5H2,(H,14,15)/t9-,10+,11-/m1/s1. The van der Waals surface area contributed by atoms with Gasteiger partial charge in [0.1, 0.15) is 11.9 Å². The van der Waals surface area contributed by atoms with Crippen LogP contribution in [0, 0.1) is 11.3 Å². The Morgan fingerprint density at radius 1 is 1.44 bits per heavy atom. The third-order valence-corrected chi connectivity index (χ3v) is 3.33. The Morgan fingerprint density at radius 2 is 2.38 bits per heavy atom. The number of fused-ring (bicyclic) bond motifs is 2. The molecule has 0 aliphatic carbocycles. The fourth-order valence-corrected chi connectivity index (χ4v) is 2.53. The van der Waals surface area contributed by atoms with Gasteiger partial charge in [-0.25, -0.2) is 4.98 Å². The van der Waals surface area contributed by atoms with Crippen LogP contribution in [0.2, 0.25) is 0 Å². The molecule has 4 nitrogen and oxygen atoms in total. The molecule has 3 atom stereocenters. The van der Waals surface area contributed by atoms with Crippen LogP contribution >= 0.6 is 0 Å². The fraction of sp³-hybridized carbons (Fsp3) is 0.500. The summed E-state index contributed by atoms with van der Waals surface area (Å²) in [4.78, 5) is 4.21. The van der Waals surface area contributed by atoms with Crippen molar-refractivity contribution < 1.29 is 4.74 Å². The van der Waals surface area contributed by atoms with Gasteiger partial charge >= 0.3 is 0 Å². The Balaban J connectivity index is 1.68. The van der Waals surface area contributed by atoms with Crippen molar-refractivity contribution in [1.29, 1.82) is 5.26 Å². The molecule has 2 aliphatic heterocycles. The lowest BCUT2D eigenvalue weighted by Gasteiger charge is -2.20. The van der Waals surface area contributed by atoms with Gasteiger partial charge in [-0.1, -0.05) is 0 Å². The number of aromatic nitrogens is 1. The summed E-state index contributed by atoms with van der Waals surface area (Å²) in [6, 6.07) is 6.08. The number of hydrogen-bond acceptors (Lipinski definition) is 4. The molecule has 16 heavy (non-hydrogen) atoms. The summed E-state index contributed by atoms with van der Waals surface area (Å²) in [7, 11) is 0. The molecule has 0 spiro atoms. The predicted molar refractivity (Wildman–Crippen MR) is 58.9 cm³/mol. The van der Waals surface area contributed by atoms with Gasteiger partial charge in [0.05, 0.1) is 23.8 Å². The summed E-state index contributed by atoms with van der Waals surface area (Å²) in [6.45, 7) is 0. The minimum Gasteiger partial charge on any atom is -0.373 e. The molecule has 1 N–H and O–H groups in total. The van der Waals surface area contributed by atoms with Crippen LogP contribution in [0.15, 0.2) is 18.3 Å². The van der Waals surface area contributed by atoms with Crippen molar-refractivity contribution in [2.45, 2.75) is 37.5 Å². The molecule has 0 radical (unpaired) electrons. The second kappa shape index (κ2) is 3.76. The van der Waals surface area contributed by atoms with E-state index in [1.165, 1.54) is 6.42 Å². The predicted octanol–water partition coefficient (Wildman–Crippen LogP) is 1.69. The van der Waals surface area contributed by atoms with Crippen LogP contribution in [0.25, 0.3) is 0 Å². The summed E-state index contributed by atoms with van der Waals surface area (Å²) >= 11 is 0. The minimum absolute atomic E-state index is 0.349. The third kappa shape index (κ3) is 1.63. The lowest BCUT2D eigenvalue weighted by atomic mass is 9.95. The average Bonchev–Trinajstić information content (AvgIpc) is 2.92. The first-order valence-electron chi connectivity index (χ1n) is 5.63. The first kappa shape index (κ1) is 9.61. The molecule has 1 aromatic rings. The van der Waals surface area contributed by atoms with E-state index in [0.717, 1.165) is 18.7 Å². The van der Waals surface area contributed by atoms with Crippen molar-refractivity contribution in [2.75, 3.05) is 5.32 Å². The van der Waals surface area contributed by atoms with E-state index in [2.05, 4.69) is 16.4 Å². The lowest BCUT2D eigenvalue weighted by Crippen LogP contribution is -2.30. The molecule has 4 heteroatoms. The van der Waals surface area contributed by atoms with Crippen LogP contribution in [-0.2, 0) is 4.74 Å². The van der Waals surface area contributed by atoms with Gasteiger partial charge < -0.3 is 10.1 Å². The highest BCUT2D eigenvalue weighted by molar-refractivity contribution is 5.40. The SMILES string of the molecule is N#Cc1ccc(N[C@H]2C[C@H]3CC[C@H]2O3)nc1. The van der Waals surface area contributed by atoms with Crippen molar-refractivity contribution in [1.82, 2.24) is 4.98 Å². The fourth-order valence-electron chi connectivity index (χ4n) is 2.53. The summed E-state index contributed by atoms with van der Waals surface area (Å²) < 4.78 is 5.76. The van der Waals surface area contributed by atoms with E-state index in [0.29, 0.717) is 23.8 Å². The van der Waals surface area contributed by atoms with Crippen molar-refractivity contribution in [3.63, 3.8) is 0 Å². The van der Waals surface area contributed by atoms with Gasteiger partial charge in [0.2, 0.25) is 0 Å². The maximum atomic E-state index is 8.67. The minimum atomic E-state index is 0.349. The highest BCUT2D eigenvalue weighted by Gasteiger charge is 2.40. The largest absolute Gasteiger partial charge is 0.373 e. The van der Waals surface area contributed by atoms with E-state index in [4.69, 9.17) is 10.00 Å². The molecule has 0 unspecified atom stereocenters. The van der Waals surface area contributed by atoms with Crippen molar-refractivity contribution >= 4 is 5.82 Å². The Hall–Kier alpha value is -1.60. The second-order valence-electron chi connectivity index (χ2n) is 4.40. The number of nitrogens with zero attached hydrogens (tertiary/aromatic N) is 2. The summed E-state index contributed by atoms with van der Waals surface area (Å²) in [5.74, 6) is 0.833. The maximum Gasteiger partial charge on any atom is 0.126 e. The van der Waals surface area contributed by atoms with Crippen LogP contribution in [0.3, 0.4) is 0 Å².